The third-order valence-electron chi connectivity index (χ3n) is 3.86. The SMILES string of the molecule is CCCNC1CC(C)CC(C)C1SCC(=O)OC(C)(C)C. The van der Waals surface area contributed by atoms with E-state index in [1.165, 1.54) is 12.8 Å². The van der Waals surface area contributed by atoms with Gasteiger partial charge >= 0.3 is 5.97 Å². The van der Waals surface area contributed by atoms with Crippen LogP contribution in [0.1, 0.15) is 60.8 Å². The van der Waals surface area contributed by atoms with Gasteiger partial charge in [0.05, 0.1) is 5.75 Å². The molecule has 124 valence electrons. The molecular weight excluding hydrogens is 282 g/mol. The highest BCUT2D eigenvalue weighted by atomic mass is 32.2. The highest BCUT2D eigenvalue weighted by molar-refractivity contribution is 8.00. The van der Waals surface area contributed by atoms with E-state index in [9.17, 15) is 4.79 Å². The minimum absolute atomic E-state index is 0.0902. The van der Waals surface area contributed by atoms with E-state index in [2.05, 4.69) is 26.1 Å². The average molecular weight is 316 g/mol. The van der Waals surface area contributed by atoms with Crippen LogP contribution < -0.4 is 5.32 Å². The lowest BCUT2D eigenvalue weighted by molar-refractivity contribution is -0.151. The lowest BCUT2D eigenvalue weighted by Crippen LogP contribution is -2.47. The average Bonchev–Trinajstić information content (AvgIpc) is 2.32. The van der Waals surface area contributed by atoms with Crippen molar-refractivity contribution in [2.24, 2.45) is 11.8 Å². The first-order chi connectivity index (χ1) is 9.73. The first-order valence-electron chi connectivity index (χ1n) is 8.29. The second-order valence-corrected chi connectivity index (χ2v) is 8.64. The zero-order chi connectivity index (χ0) is 16.0. The van der Waals surface area contributed by atoms with Crippen molar-refractivity contribution in [1.82, 2.24) is 5.32 Å². The normalized spacial score (nSPS) is 30.2. The monoisotopic (exact) mass is 315 g/mol. The Bertz CT molecular complexity index is 327. The first kappa shape index (κ1) is 18.8. The van der Waals surface area contributed by atoms with Crippen LogP contribution in [0.5, 0.6) is 0 Å². The van der Waals surface area contributed by atoms with E-state index in [-0.39, 0.29) is 11.6 Å². The standard InChI is InChI=1S/C17H33NO2S/c1-7-8-18-14-10-12(2)9-13(3)16(14)21-11-15(19)20-17(4,5)6/h12-14,16,18H,7-11H2,1-6H3. The van der Waals surface area contributed by atoms with Gasteiger partial charge in [0.25, 0.3) is 0 Å². The zero-order valence-electron chi connectivity index (χ0n) is 14.6. The summed E-state index contributed by atoms with van der Waals surface area (Å²) in [5, 5.41) is 4.20. The van der Waals surface area contributed by atoms with Crippen molar-refractivity contribution in [2.45, 2.75) is 77.7 Å². The zero-order valence-corrected chi connectivity index (χ0v) is 15.4. The number of hydrogen-bond donors (Lipinski definition) is 1. The molecule has 0 spiro atoms. The molecule has 1 aliphatic rings. The fraction of sp³-hybridized carbons (Fsp3) is 0.941. The molecule has 0 aromatic rings. The third-order valence-corrected chi connectivity index (χ3v) is 5.44. The Morgan fingerprint density at radius 2 is 1.95 bits per heavy atom. The van der Waals surface area contributed by atoms with Gasteiger partial charge < -0.3 is 10.1 Å². The summed E-state index contributed by atoms with van der Waals surface area (Å²) in [4.78, 5) is 11.9. The number of thioether (sulfide) groups is 1. The molecule has 1 rings (SSSR count). The fourth-order valence-corrected chi connectivity index (χ4v) is 4.44. The molecule has 0 amide bonds. The van der Waals surface area contributed by atoms with Gasteiger partial charge in [0.1, 0.15) is 5.60 Å². The third kappa shape index (κ3) is 7.05. The molecular formula is C17H33NO2S. The van der Waals surface area contributed by atoms with Crippen molar-refractivity contribution in [3.8, 4) is 0 Å². The van der Waals surface area contributed by atoms with Gasteiger partial charge in [-0.2, -0.15) is 0 Å². The van der Waals surface area contributed by atoms with E-state index >= 15 is 0 Å². The second-order valence-electron chi connectivity index (χ2n) is 7.48. The predicted molar refractivity (Wildman–Crippen MR) is 91.7 cm³/mol. The van der Waals surface area contributed by atoms with E-state index < -0.39 is 0 Å². The van der Waals surface area contributed by atoms with Crippen molar-refractivity contribution in [1.29, 1.82) is 0 Å². The van der Waals surface area contributed by atoms with Gasteiger partial charge in [0.2, 0.25) is 0 Å². The number of esters is 1. The van der Waals surface area contributed by atoms with E-state index in [0.717, 1.165) is 18.9 Å². The fourth-order valence-electron chi connectivity index (χ4n) is 3.17. The summed E-state index contributed by atoms with van der Waals surface area (Å²) < 4.78 is 5.42. The van der Waals surface area contributed by atoms with Crippen LogP contribution in [-0.4, -0.2) is 35.2 Å². The van der Waals surface area contributed by atoms with Crippen molar-refractivity contribution in [2.75, 3.05) is 12.3 Å². The minimum atomic E-state index is -0.385. The molecule has 0 aromatic heterocycles. The predicted octanol–water partition coefficient (Wildman–Crippen LogP) is 3.86. The number of ether oxygens (including phenoxy) is 1. The number of carbonyl (C=O) groups is 1. The molecule has 0 heterocycles. The second kappa shape index (κ2) is 8.42. The summed E-state index contributed by atoms with van der Waals surface area (Å²) in [6, 6.07) is 0.524. The van der Waals surface area contributed by atoms with Gasteiger partial charge in [0, 0.05) is 11.3 Å². The van der Waals surface area contributed by atoms with Crippen LogP contribution in [0, 0.1) is 11.8 Å². The molecule has 0 aliphatic heterocycles. The maximum absolute atomic E-state index is 11.9. The summed E-state index contributed by atoms with van der Waals surface area (Å²) in [6.45, 7) is 13.7. The Balaban J connectivity index is 2.53. The maximum Gasteiger partial charge on any atom is 0.316 e. The summed E-state index contributed by atoms with van der Waals surface area (Å²) in [6.07, 6.45) is 3.63. The topological polar surface area (TPSA) is 38.3 Å². The highest BCUT2D eigenvalue weighted by Crippen LogP contribution is 2.36. The summed E-state index contributed by atoms with van der Waals surface area (Å²) in [7, 11) is 0. The molecule has 4 atom stereocenters. The summed E-state index contributed by atoms with van der Waals surface area (Å²) in [5.74, 6) is 1.79. The molecule has 0 bridgehead atoms. The lowest BCUT2D eigenvalue weighted by atomic mass is 9.80. The van der Waals surface area contributed by atoms with Crippen LogP contribution >= 0.6 is 11.8 Å². The molecule has 1 saturated carbocycles. The van der Waals surface area contributed by atoms with Gasteiger partial charge in [-0.1, -0.05) is 20.8 Å². The van der Waals surface area contributed by atoms with Gasteiger partial charge in [-0.05, 0) is 58.4 Å². The molecule has 0 saturated heterocycles. The summed E-state index contributed by atoms with van der Waals surface area (Å²) >= 11 is 1.78. The van der Waals surface area contributed by atoms with Crippen molar-refractivity contribution in [3.05, 3.63) is 0 Å². The minimum Gasteiger partial charge on any atom is -0.459 e. The Labute approximate surface area is 135 Å². The molecule has 0 radical (unpaired) electrons. The quantitative estimate of drug-likeness (QED) is 0.755. The number of carbonyl (C=O) groups excluding carboxylic acids is 1. The van der Waals surface area contributed by atoms with Gasteiger partial charge in [-0.15, -0.1) is 11.8 Å². The van der Waals surface area contributed by atoms with E-state index in [1.807, 2.05) is 20.8 Å². The van der Waals surface area contributed by atoms with Gasteiger partial charge in [0.15, 0.2) is 0 Å². The Morgan fingerprint density at radius 3 is 2.52 bits per heavy atom. The largest absolute Gasteiger partial charge is 0.459 e. The number of rotatable bonds is 6. The Hall–Kier alpha value is -0.220. The van der Waals surface area contributed by atoms with Crippen molar-refractivity contribution in [3.63, 3.8) is 0 Å². The molecule has 1 aliphatic carbocycles. The number of nitrogens with one attached hydrogen (secondary N) is 1. The van der Waals surface area contributed by atoms with Crippen LogP contribution in [0.25, 0.3) is 0 Å². The molecule has 3 nitrogen and oxygen atoms in total. The van der Waals surface area contributed by atoms with Crippen LogP contribution in [-0.2, 0) is 9.53 Å². The smallest absolute Gasteiger partial charge is 0.316 e. The van der Waals surface area contributed by atoms with Crippen LogP contribution in [0.2, 0.25) is 0 Å². The number of hydrogen-bond acceptors (Lipinski definition) is 4. The first-order valence-corrected chi connectivity index (χ1v) is 9.34. The van der Waals surface area contributed by atoms with Crippen LogP contribution in [0.4, 0.5) is 0 Å². The lowest BCUT2D eigenvalue weighted by Gasteiger charge is -2.39. The maximum atomic E-state index is 11.9. The molecule has 4 heteroatoms. The summed E-state index contributed by atoms with van der Waals surface area (Å²) in [5.41, 5.74) is -0.385. The van der Waals surface area contributed by atoms with Crippen molar-refractivity contribution < 1.29 is 9.53 Å². The van der Waals surface area contributed by atoms with E-state index in [0.29, 0.717) is 23.0 Å². The molecule has 0 aromatic carbocycles. The Morgan fingerprint density at radius 1 is 1.29 bits per heavy atom. The van der Waals surface area contributed by atoms with Crippen molar-refractivity contribution >= 4 is 17.7 Å². The van der Waals surface area contributed by atoms with Gasteiger partial charge in [-0.3, -0.25) is 4.79 Å². The molecule has 1 fully saturated rings. The van der Waals surface area contributed by atoms with E-state index in [4.69, 9.17) is 4.74 Å². The highest BCUT2D eigenvalue weighted by Gasteiger charge is 2.34. The molecule has 1 N–H and O–H groups in total. The van der Waals surface area contributed by atoms with Crippen LogP contribution in [0.3, 0.4) is 0 Å². The van der Waals surface area contributed by atoms with Gasteiger partial charge in [-0.25, -0.2) is 0 Å². The van der Waals surface area contributed by atoms with Crippen LogP contribution in [0.15, 0.2) is 0 Å². The Kier molecular flexibility index (Phi) is 7.55. The molecule has 4 unspecified atom stereocenters. The molecule has 21 heavy (non-hydrogen) atoms. The van der Waals surface area contributed by atoms with E-state index in [1.54, 1.807) is 11.8 Å².